The highest BCUT2D eigenvalue weighted by Gasteiger charge is 2.39. The lowest BCUT2D eigenvalue weighted by Gasteiger charge is -2.32. The SMILES string of the molecule is CC(CCCNC1CC1)N1CC2CCC1C2. The average Bonchev–Trinajstić information content (AvgIpc) is 2.87. The molecule has 2 bridgehead atoms. The van der Waals surface area contributed by atoms with Crippen molar-refractivity contribution in [1.82, 2.24) is 10.2 Å². The third kappa shape index (κ3) is 2.43. The number of likely N-dealkylation sites (tertiary alicyclic amines) is 1. The van der Waals surface area contributed by atoms with Gasteiger partial charge in [-0.05, 0) is 64.3 Å². The third-order valence-corrected chi connectivity index (χ3v) is 4.83. The quantitative estimate of drug-likeness (QED) is 0.694. The molecule has 1 aliphatic heterocycles. The van der Waals surface area contributed by atoms with Crippen molar-refractivity contribution in [2.45, 2.75) is 70.0 Å². The Morgan fingerprint density at radius 3 is 2.75 bits per heavy atom. The molecule has 2 saturated carbocycles. The van der Waals surface area contributed by atoms with Crippen molar-refractivity contribution < 1.29 is 0 Å². The van der Waals surface area contributed by atoms with E-state index < -0.39 is 0 Å². The molecule has 2 aliphatic carbocycles. The lowest BCUT2D eigenvalue weighted by molar-refractivity contribution is 0.150. The number of fused-ring (bicyclic) bond motifs is 2. The van der Waals surface area contributed by atoms with Crippen molar-refractivity contribution in [1.29, 1.82) is 0 Å². The first kappa shape index (κ1) is 11.0. The lowest BCUT2D eigenvalue weighted by Crippen LogP contribution is -2.39. The van der Waals surface area contributed by atoms with Crippen molar-refractivity contribution in [3.05, 3.63) is 0 Å². The van der Waals surface area contributed by atoms with Gasteiger partial charge in [0.2, 0.25) is 0 Å². The van der Waals surface area contributed by atoms with Crippen LogP contribution in [0.3, 0.4) is 0 Å². The van der Waals surface area contributed by atoms with E-state index >= 15 is 0 Å². The molecule has 3 fully saturated rings. The Morgan fingerprint density at radius 2 is 2.12 bits per heavy atom. The maximum absolute atomic E-state index is 3.62. The predicted molar refractivity (Wildman–Crippen MR) is 67.6 cm³/mol. The molecular formula is C14H26N2. The molecule has 0 aromatic heterocycles. The van der Waals surface area contributed by atoms with Gasteiger partial charge in [0.25, 0.3) is 0 Å². The van der Waals surface area contributed by atoms with Gasteiger partial charge in [0.05, 0.1) is 0 Å². The number of nitrogens with zero attached hydrogens (tertiary/aromatic N) is 1. The minimum Gasteiger partial charge on any atom is -0.314 e. The van der Waals surface area contributed by atoms with E-state index in [0.29, 0.717) is 0 Å². The fourth-order valence-electron chi connectivity index (χ4n) is 3.66. The summed E-state index contributed by atoms with van der Waals surface area (Å²) in [4.78, 5) is 2.80. The summed E-state index contributed by atoms with van der Waals surface area (Å²) in [6, 6.07) is 2.67. The fraction of sp³-hybridized carbons (Fsp3) is 1.00. The summed E-state index contributed by atoms with van der Waals surface area (Å²) in [5.74, 6) is 1.05. The van der Waals surface area contributed by atoms with E-state index in [1.807, 2.05) is 0 Å². The third-order valence-electron chi connectivity index (χ3n) is 4.83. The molecule has 1 heterocycles. The van der Waals surface area contributed by atoms with Crippen LogP contribution in [0.2, 0.25) is 0 Å². The largest absolute Gasteiger partial charge is 0.314 e. The molecule has 3 atom stereocenters. The predicted octanol–water partition coefficient (Wildman–Crippen LogP) is 2.39. The van der Waals surface area contributed by atoms with Crippen LogP contribution in [0.4, 0.5) is 0 Å². The highest BCUT2D eigenvalue weighted by Crippen LogP contribution is 2.38. The molecule has 16 heavy (non-hydrogen) atoms. The van der Waals surface area contributed by atoms with Gasteiger partial charge in [0.15, 0.2) is 0 Å². The smallest absolute Gasteiger partial charge is 0.0101 e. The van der Waals surface area contributed by atoms with Gasteiger partial charge >= 0.3 is 0 Å². The normalized spacial score (nSPS) is 35.8. The Morgan fingerprint density at radius 1 is 1.25 bits per heavy atom. The van der Waals surface area contributed by atoms with Gasteiger partial charge in [-0.2, -0.15) is 0 Å². The van der Waals surface area contributed by atoms with Crippen LogP contribution in [0.1, 0.15) is 51.9 Å². The van der Waals surface area contributed by atoms with Crippen molar-refractivity contribution in [2.75, 3.05) is 13.1 Å². The van der Waals surface area contributed by atoms with E-state index in [1.54, 1.807) is 0 Å². The van der Waals surface area contributed by atoms with Crippen LogP contribution >= 0.6 is 0 Å². The second-order valence-corrected chi connectivity index (χ2v) is 6.25. The topological polar surface area (TPSA) is 15.3 Å². The number of hydrogen-bond acceptors (Lipinski definition) is 2. The summed E-state index contributed by atoms with van der Waals surface area (Å²) in [6.45, 7) is 5.09. The first-order valence-electron chi connectivity index (χ1n) is 7.32. The first-order valence-corrected chi connectivity index (χ1v) is 7.32. The molecule has 0 aromatic rings. The van der Waals surface area contributed by atoms with Crippen LogP contribution in [-0.2, 0) is 0 Å². The van der Waals surface area contributed by atoms with Gasteiger partial charge in [0.1, 0.15) is 0 Å². The maximum Gasteiger partial charge on any atom is 0.0101 e. The molecule has 2 nitrogen and oxygen atoms in total. The standard InChI is InChI=1S/C14H26N2/c1-11(3-2-8-15-13-5-6-13)16-10-12-4-7-14(16)9-12/h11-15H,2-10H2,1H3. The average molecular weight is 222 g/mol. The van der Waals surface area contributed by atoms with Crippen LogP contribution in [0.5, 0.6) is 0 Å². The van der Waals surface area contributed by atoms with E-state index in [1.165, 1.54) is 58.0 Å². The Labute approximate surface area is 99.8 Å². The fourth-order valence-corrected chi connectivity index (χ4v) is 3.66. The first-order chi connectivity index (χ1) is 7.83. The van der Waals surface area contributed by atoms with Crippen LogP contribution in [0.15, 0.2) is 0 Å². The summed E-state index contributed by atoms with van der Waals surface area (Å²) < 4.78 is 0. The molecule has 1 saturated heterocycles. The van der Waals surface area contributed by atoms with E-state index in [2.05, 4.69) is 17.1 Å². The van der Waals surface area contributed by atoms with E-state index in [9.17, 15) is 0 Å². The Bertz CT molecular complexity index is 237. The highest BCUT2D eigenvalue weighted by molar-refractivity contribution is 4.94. The summed E-state index contributed by atoms with van der Waals surface area (Å²) in [7, 11) is 0. The van der Waals surface area contributed by atoms with Crippen LogP contribution < -0.4 is 5.32 Å². The van der Waals surface area contributed by atoms with Gasteiger partial charge in [-0.1, -0.05) is 0 Å². The molecular weight excluding hydrogens is 196 g/mol. The van der Waals surface area contributed by atoms with Crippen molar-refractivity contribution in [2.24, 2.45) is 5.92 Å². The Hall–Kier alpha value is -0.0800. The Kier molecular flexibility index (Phi) is 3.21. The Balaban J connectivity index is 1.34. The number of hydrogen-bond donors (Lipinski definition) is 1. The lowest BCUT2D eigenvalue weighted by atomic mass is 10.1. The van der Waals surface area contributed by atoms with Crippen LogP contribution in [0, 0.1) is 5.92 Å². The molecule has 0 aromatic carbocycles. The molecule has 0 radical (unpaired) electrons. The van der Waals surface area contributed by atoms with Crippen LogP contribution in [0.25, 0.3) is 0 Å². The summed E-state index contributed by atoms with van der Waals surface area (Å²) in [6.07, 6.45) is 10.1. The molecule has 2 heteroatoms. The van der Waals surface area contributed by atoms with Gasteiger partial charge in [-0.3, -0.25) is 4.90 Å². The zero-order valence-electron chi connectivity index (χ0n) is 10.6. The molecule has 0 amide bonds. The number of rotatable bonds is 6. The zero-order chi connectivity index (χ0) is 11.0. The molecule has 0 spiro atoms. The van der Waals surface area contributed by atoms with Crippen molar-refractivity contribution in [3.63, 3.8) is 0 Å². The number of nitrogens with one attached hydrogen (secondary N) is 1. The van der Waals surface area contributed by atoms with Gasteiger partial charge < -0.3 is 5.32 Å². The molecule has 3 rings (SSSR count). The molecule has 3 aliphatic rings. The zero-order valence-corrected chi connectivity index (χ0v) is 10.6. The molecule has 3 unspecified atom stereocenters. The monoisotopic (exact) mass is 222 g/mol. The number of piperidine rings is 1. The van der Waals surface area contributed by atoms with E-state index in [0.717, 1.165) is 24.0 Å². The molecule has 1 N–H and O–H groups in total. The van der Waals surface area contributed by atoms with Gasteiger partial charge in [-0.15, -0.1) is 0 Å². The molecule has 92 valence electrons. The van der Waals surface area contributed by atoms with E-state index in [-0.39, 0.29) is 0 Å². The summed E-state index contributed by atoms with van der Waals surface area (Å²) in [5.41, 5.74) is 0. The van der Waals surface area contributed by atoms with Gasteiger partial charge in [0, 0.05) is 24.7 Å². The minimum atomic E-state index is 0.830. The minimum absolute atomic E-state index is 0.830. The summed E-state index contributed by atoms with van der Waals surface area (Å²) >= 11 is 0. The second kappa shape index (κ2) is 4.66. The van der Waals surface area contributed by atoms with Crippen molar-refractivity contribution >= 4 is 0 Å². The summed E-state index contributed by atoms with van der Waals surface area (Å²) in [5, 5.41) is 3.62. The highest BCUT2D eigenvalue weighted by atomic mass is 15.2. The van der Waals surface area contributed by atoms with Crippen LogP contribution in [-0.4, -0.2) is 36.1 Å². The van der Waals surface area contributed by atoms with Crippen molar-refractivity contribution in [3.8, 4) is 0 Å². The second-order valence-electron chi connectivity index (χ2n) is 6.25. The van der Waals surface area contributed by atoms with E-state index in [4.69, 9.17) is 0 Å². The van der Waals surface area contributed by atoms with Gasteiger partial charge in [-0.25, -0.2) is 0 Å². The maximum atomic E-state index is 3.62.